The van der Waals surface area contributed by atoms with Crippen LogP contribution in [0.1, 0.15) is 36.5 Å². The first-order chi connectivity index (χ1) is 8.35. The Labute approximate surface area is 102 Å². The summed E-state index contributed by atoms with van der Waals surface area (Å²) in [5.74, 6) is 0.846. The van der Waals surface area contributed by atoms with Gasteiger partial charge in [0, 0.05) is 24.7 Å². The molecule has 1 aromatic carbocycles. The number of carbonyl (C=O) groups excluding carboxylic acids is 1. The molecule has 0 saturated carbocycles. The van der Waals surface area contributed by atoms with Crippen molar-refractivity contribution in [3.05, 3.63) is 23.8 Å². The first-order valence-electron chi connectivity index (χ1n) is 6.32. The van der Waals surface area contributed by atoms with Crippen molar-refractivity contribution in [3.63, 3.8) is 0 Å². The molecule has 0 unspecified atom stereocenters. The summed E-state index contributed by atoms with van der Waals surface area (Å²) < 4.78 is 5.49. The van der Waals surface area contributed by atoms with E-state index in [0.717, 1.165) is 36.4 Å². The van der Waals surface area contributed by atoms with Crippen LogP contribution in [0.2, 0.25) is 0 Å². The van der Waals surface area contributed by atoms with E-state index < -0.39 is 0 Å². The zero-order chi connectivity index (χ0) is 12.1. The Hall–Kier alpha value is -1.51. The van der Waals surface area contributed by atoms with Gasteiger partial charge in [0.05, 0.1) is 12.3 Å². The number of benzene rings is 1. The van der Waals surface area contributed by atoms with Gasteiger partial charge in [0.2, 0.25) is 0 Å². The molecule has 0 radical (unpaired) electrons. The summed E-state index contributed by atoms with van der Waals surface area (Å²) in [6.07, 6.45) is 4.63. The second-order valence-electron chi connectivity index (χ2n) is 4.32. The maximum absolute atomic E-state index is 11.1. The lowest BCUT2D eigenvalue weighted by atomic mass is 10.1. The van der Waals surface area contributed by atoms with Crippen molar-refractivity contribution in [3.8, 4) is 5.75 Å². The molecular formula is C14H19NO2. The third-order valence-electron chi connectivity index (χ3n) is 3.14. The van der Waals surface area contributed by atoms with E-state index in [9.17, 15) is 4.79 Å². The zero-order valence-corrected chi connectivity index (χ0v) is 10.3. The molecule has 0 bridgehead atoms. The van der Waals surface area contributed by atoms with Crippen LogP contribution in [0.4, 0.5) is 5.69 Å². The fraction of sp³-hybridized carbons (Fsp3) is 0.500. The second-order valence-corrected chi connectivity index (χ2v) is 4.32. The van der Waals surface area contributed by atoms with Crippen molar-refractivity contribution < 1.29 is 9.53 Å². The molecule has 0 N–H and O–H groups in total. The molecule has 0 atom stereocenters. The minimum atomic E-state index is 0.653. The van der Waals surface area contributed by atoms with Gasteiger partial charge in [0.1, 0.15) is 5.75 Å². The molecule has 92 valence electrons. The van der Waals surface area contributed by atoms with Crippen molar-refractivity contribution in [2.45, 2.75) is 26.2 Å². The number of rotatable bonds is 4. The average Bonchev–Trinajstić information content (AvgIpc) is 2.40. The van der Waals surface area contributed by atoms with Gasteiger partial charge in [-0.3, -0.25) is 4.79 Å². The number of hydrogen-bond acceptors (Lipinski definition) is 3. The smallest absolute Gasteiger partial charge is 0.152 e. The Bertz CT molecular complexity index is 384. The minimum absolute atomic E-state index is 0.653. The van der Waals surface area contributed by atoms with Gasteiger partial charge in [-0.2, -0.15) is 0 Å². The number of carbonyl (C=O) groups is 1. The van der Waals surface area contributed by atoms with Crippen molar-refractivity contribution in [2.24, 2.45) is 0 Å². The standard InChI is InChI=1S/C14H19NO2/c1-2-17-13-7-6-12(11-16)14(10-13)15-8-4-3-5-9-15/h6-7,10-11H,2-5,8-9H2,1H3. The van der Waals surface area contributed by atoms with Crippen molar-refractivity contribution >= 4 is 12.0 Å². The molecule has 3 heteroatoms. The predicted molar refractivity (Wildman–Crippen MR) is 69.1 cm³/mol. The zero-order valence-electron chi connectivity index (χ0n) is 10.3. The Kier molecular flexibility index (Phi) is 4.02. The summed E-state index contributed by atoms with van der Waals surface area (Å²) in [4.78, 5) is 13.4. The lowest BCUT2D eigenvalue weighted by molar-refractivity contribution is 0.112. The molecule has 1 aromatic rings. The van der Waals surface area contributed by atoms with E-state index in [1.165, 1.54) is 19.3 Å². The van der Waals surface area contributed by atoms with E-state index >= 15 is 0 Å². The lowest BCUT2D eigenvalue weighted by Gasteiger charge is -2.30. The highest BCUT2D eigenvalue weighted by atomic mass is 16.5. The highest BCUT2D eigenvalue weighted by Crippen LogP contribution is 2.27. The maximum atomic E-state index is 11.1. The molecule has 1 heterocycles. The first kappa shape index (κ1) is 12.0. The van der Waals surface area contributed by atoms with Gasteiger partial charge >= 0.3 is 0 Å². The quantitative estimate of drug-likeness (QED) is 0.749. The molecule has 1 aliphatic heterocycles. The molecular weight excluding hydrogens is 214 g/mol. The van der Waals surface area contributed by atoms with E-state index in [4.69, 9.17) is 4.74 Å². The van der Waals surface area contributed by atoms with Crippen molar-refractivity contribution in [1.29, 1.82) is 0 Å². The van der Waals surface area contributed by atoms with Crippen LogP contribution < -0.4 is 9.64 Å². The van der Waals surface area contributed by atoms with Crippen LogP contribution in [-0.4, -0.2) is 26.0 Å². The molecule has 0 amide bonds. The van der Waals surface area contributed by atoms with Gasteiger partial charge in [-0.25, -0.2) is 0 Å². The summed E-state index contributed by atoms with van der Waals surface area (Å²) >= 11 is 0. The maximum Gasteiger partial charge on any atom is 0.152 e. The first-order valence-corrected chi connectivity index (χ1v) is 6.32. The van der Waals surface area contributed by atoms with E-state index in [-0.39, 0.29) is 0 Å². The predicted octanol–water partition coefficient (Wildman–Crippen LogP) is 2.89. The molecule has 0 aromatic heterocycles. The SMILES string of the molecule is CCOc1ccc(C=O)c(N2CCCCC2)c1. The van der Waals surface area contributed by atoms with Crippen molar-refractivity contribution in [1.82, 2.24) is 0 Å². The molecule has 1 saturated heterocycles. The fourth-order valence-corrected chi connectivity index (χ4v) is 2.29. The van der Waals surface area contributed by atoms with E-state index in [2.05, 4.69) is 4.90 Å². The summed E-state index contributed by atoms with van der Waals surface area (Å²) in [5, 5.41) is 0. The molecule has 3 nitrogen and oxygen atoms in total. The summed E-state index contributed by atoms with van der Waals surface area (Å²) in [5.41, 5.74) is 1.78. The second kappa shape index (κ2) is 5.71. The topological polar surface area (TPSA) is 29.5 Å². The average molecular weight is 233 g/mol. The molecule has 2 rings (SSSR count). The highest BCUT2D eigenvalue weighted by Gasteiger charge is 2.15. The summed E-state index contributed by atoms with van der Waals surface area (Å²) in [6.45, 7) is 4.70. The number of anilines is 1. The largest absolute Gasteiger partial charge is 0.494 e. The van der Waals surface area contributed by atoms with Crippen LogP contribution in [-0.2, 0) is 0 Å². The molecule has 0 aliphatic carbocycles. The molecule has 17 heavy (non-hydrogen) atoms. The highest BCUT2D eigenvalue weighted by molar-refractivity contribution is 5.85. The van der Waals surface area contributed by atoms with Crippen LogP contribution in [0.5, 0.6) is 5.75 Å². The third-order valence-corrected chi connectivity index (χ3v) is 3.14. The number of ether oxygens (including phenoxy) is 1. The number of aldehydes is 1. The summed E-state index contributed by atoms with van der Waals surface area (Å²) in [6, 6.07) is 5.70. The van der Waals surface area contributed by atoms with Crippen LogP contribution in [0.15, 0.2) is 18.2 Å². The number of piperidine rings is 1. The van der Waals surface area contributed by atoms with E-state index in [0.29, 0.717) is 6.61 Å². The van der Waals surface area contributed by atoms with Crippen LogP contribution in [0, 0.1) is 0 Å². The van der Waals surface area contributed by atoms with Gasteiger partial charge in [0.25, 0.3) is 0 Å². The number of hydrogen-bond donors (Lipinski definition) is 0. The summed E-state index contributed by atoms with van der Waals surface area (Å²) in [7, 11) is 0. The van der Waals surface area contributed by atoms with Gasteiger partial charge in [0.15, 0.2) is 6.29 Å². The Balaban J connectivity index is 2.27. The monoisotopic (exact) mass is 233 g/mol. The van der Waals surface area contributed by atoms with Crippen molar-refractivity contribution in [2.75, 3.05) is 24.6 Å². The van der Waals surface area contributed by atoms with Gasteiger partial charge in [-0.15, -0.1) is 0 Å². The molecule has 1 fully saturated rings. The fourth-order valence-electron chi connectivity index (χ4n) is 2.29. The lowest BCUT2D eigenvalue weighted by Crippen LogP contribution is -2.30. The molecule has 0 spiro atoms. The Morgan fingerprint density at radius 3 is 2.71 bits per heavy atom. The van der Waals surface area contributed by atoms with Crippen LogP contribution in [0.25, 0.3) is 0 Å². The van der Waals surface area contributed by atoms with E-state index in [1.807, 2.05) is 25.1 Å². The van der Waals surface area contributed by atoms with Gasteiger partial charge in [-0.1, -0.05) is 0 Å². The Morgan fingerprint density at radius 2 is 2.06 bits per heavy atom. The van der Waals surface area contributed by atoms with Crippen LogP contribution >= 0.6 is 0 Å². The minimum Gasteiger partial charge on any atom is -0.494 e. The van der Waals surface area contributed by atoms with Crippen LogP contribution in [0.3, 0.4) is 0 Å². The molecule has 1 aliphatic rings. The van der Waals surface area contributed by atoms with E-state index in [1.54, 1.807) is 0 Å². The number of nitrogens with zero attached hydrogens (tertiary/aromatic N) is 1. The van der Waals surface area contributed by atoms with Gasteiger partial charge in [-0.05, 0) is 38.3 Å². The normalized spacial score (nSPS) is 15.7. The van der Waals surface area contributed by atoms with Gasteiger partial charge < -0.3 is 9.64 Å². The third kappa shape index (κ3) is 2.78. The Morgan fingerprint density at radius 1 is 1.29 bits per heavy atom.